The summed E-state index contributed by atoms with van der Waals surface area (Å²) in [4.78, 5) is 13.1. The van der Waals surface area contributed by atoms with Crippen molar-refractivity contribution in [2.24, 2.45) is 0 Å². The Hall–Kier alpha value is -3.48. The van der Waals surface area contributed by atoms with Crippen molar-refractivity contribution in [3.05, 3.63) is 105 Å². The van der Waals surface area contributed by atoms with Gasteiger partial charge in [-0.05, 0) is 74.0 Å². The topological polar surface area (TPSA) is 65.4 Å². The van der Waals surface area contributed by atoms with E-state index in [9.17, 15) is 4.79 Å². The number of nitrogens with zero attached hydrogens (tertiary/aromatic N) is 2. The van der Waals surface area contributed by atoms with E-state index in [1.165, 1.54) is 0 Å². The van der Waals surface area contributed by atoms with Crippen molar-refractivity contribution in [2.75, 3.05) is 12.4 Å². The van der Waals surface area contributed by atoms with Crippen LogP contribution in [0.25, 0.3) is 0 Å². The minimum absolute atomic E-state index is 0.238. The summed E-state index contributed by atoms with van der Waals surface area (Å²) in [6.07, 6.45) is 0. The van der Waals surface area contributed by atoms with Crippen molar-refractivity contribution in [1.29, 1.82) is 0 Å². The number of methoxy groups -OCH3 is 1. The Bertz CT molecular complexity index is 1350. The van der Waals surface area contributed by atoms with Crippen LogP contribution in [0.15, 0.2) is 66.7 Å². The van der Waals surface area contributed by atoms with Gasteiger partial charge in [-0.2, -0.15) is 5.10 Å². The molecule has 0 saturated heterocycles. The van der Waals surface area contributed by atoms with Crippen LogP contribution in [-0.2, 0) is 13.2 Å². The Balaban J connectivity index is 1.51. The quantitative estimate of drug-likeness (QED) is 0.287. The van der Waals surface area contributed by atoms with E-state index in [4.69, 9.17) is 32.7 Å². The first kappa shape index (κ1) is 24.6. The van der Waals surface area contributed by atoms with Gasteiger partial charge < -0.3 is 14.8 Å². The van der Waals surface area contributed by atoms with Gasteiger partial charge in [-0.3, -0.25) is 9.48 Å². The van der Waals surface area contributed by atoms with E-state index >= 15 is 0 Å². The average molecular weight is 510 g/mol. The molecule has 0 bridgehead atoms. The number of aromatic nitrogens is 2. The summed E-state index contributed by atoms with van der Waals surface area (Å²) in [7, 11) is 1.59. The van der Waals surface area contributed by atoms with Gasteiger partial charge in [0.15, 0.2) is 0 Å². The molecule has 3 aromatic carbocycles. The predicted octanol–water partition coefficient (Wildman–Crippen LogP) is 6.69. The summed E-state index contributed by atoms with van der Waals surface area (Å²) >= 11 is 12.0. The van der Waals surface area contributed by atoms with Crippen LogP contribution in [0.3, 0.4) is 0 Å². The average Bonchev–Trinajstić information content (AvgIpc) is 3.10. The number of ether oxygens (including phenoxy) is 2. The van der Waals surface area contributed by atoms with Crippen molar-refractivity contribution in [1.82, 2.24) is 9.78 Å². The molecule has 0 aliphatic heterocycles. The number of carbonyl (C=O) groups is 1. The Morgan fingerprint density at radius 2 is 1.77 bits per heavy atom. The number of hydrogen-bond donors (Lipinski definition) is 1. The third kappa shape index (κ3) is 5.96. The fourth-order valence-corrected chi connectivity index (χ4v) is 4.09. The minimum Gasteiger partial charge on any atom is -0.496 e. The Labute approximate surface area is 214 Å². The molecule has 4 aromatic rings. The van der Waals surface area contributed by atoms with Gasteiger partial charge in [-0.25, -0.2) is 0 Å². The molecule has 0 atom stereocenters. The standard InChI is InChI=1S/C27H25Cl2N3O3/c1-17-26(18(2)32(31-17)15-19-5-4-6-23(29)13-19)30-27(33)20-7-12-25(34-3)21(14-20)16-35-24-10-8-22(28)9-11-24/h4-14H,15-16H2,1-3H3,(H,30,33). The number of carbonyl (C=O) groups excluding carboxylic acids is 1. The Kier molecular flexibility index (Phi) is 7.63. The summed E-state index contributed by atoms with van der Waals surface area (Å²) in [5, 5.41) is 8.93. The zero-order chi connectivity index (χ0) is 24.9. The highest BCUT2D eigenvalue weighted by molar-refractivity contribution is 6.30. The van der Waals surface area contributed by atoms with Crippen LogP contribution in [0.4, 0.5) is 5.69 Å². The van der Waals surface area contributed by atoms with Crippen molar-refractivity contribution >= 4 is 34.8 Å². The fraction of sp³-hybridized carbons (Fsp3) is 0.185. The zero-order valence-electron chi connectivity index (χ0n) is 19.6. The lowest BCUT2D eigenvalue weighted by Crippen LogP contribution is -2.14. The monoisotopic (exact) mass is 509 g/mol. The lowest BCUT2D eigenvalue weighted by molar-refractivity contribution is 0.102. The molecule has 1 aromatic heterocycles. The number of benzene rings is 3. The van der Waals surface area contributed by atoms with Gasteiger partial charge in [-0.1, -0.05) is 35.3 Å². The molecular weight excluding hydrogens is 485 g/mol. The van der Waals surface area contributed by atoms with E-state index in [1.54, 1.807) is 49.6 Å². The highest BCUT2D eigenvalue weighted by Gasteiger charge is 2.17. The summed E-state index contributed by atoms with van der Waals surface area (Å²) in [5.74, 6) is 1.07. The maximum Gasteiger partial charge on any atom is 0.255 e. The van der Waals surface area contributed by atoms with Crippen LogP contribution in [0.1, 0.15) is 32.9 Å². The third-order valence-corrected chi connectivity index (χ3v) is 6.08. The van der Waals surface area contributed by atoms with Gasteiger partial charge in [0.2, 0.25) is 0 Å². The molecule has 35 heavy (non-hydrogen) atoms. The number of halogens is 2. The van der Waals surface area contributed by atoms with E-state index < -0.39 is 0 Å². The van der Waals surface area contributed by atoms with Crippen LogP contribution in [0.5, 0.6) is 11.5 Å². The normalized spacial score (nSPS) is 10.8. The van der Waals surface area contributed by atoms with Crippen molar-refractivity contribution in [3.63, 3.8) is 0 Å². The molecule has 180 valence electrons. The smallest absolute Gasteiger partial charge is 0.255 e. The molecule has 0 saturated carbocycles. The first-order chi connectivity index (χ1) is 16.8. The number of rotatable bonds is 8. The largest absolute Gasteiger partial charge is 0.496 e. The second kappa shape index (κ2) is 10.8. The number of aryl methyl sites for hydroxylation is 1. The molecule has 4 rings (SSSR count). The first-order valence-electron chi connectivity index (χ1n) is 11.0. The molecule has 1 heterocycles. The van der Waals surface area contributed by atoms with Gasteiger partial charge in [0.1, 0.15) is 18.1 Å². The van der Waals surface area contributed by atoms with Crippen molar-refractivity contribution in [3.8, 4) is 11.5 Å². The summed E-state index contributed by atoms with van der Waals surface area (Å²) in [6.45, 7) is 4.59. The van der Waals surface area contributed by atoms with Crippen molar-refractivity contribution in [2.45, 2.75) is 27.0 Å². The number of hydrogen-bond acceptors (Lipinski definition) is 4. The molecule has 0 unspecified atom stereocenters. The van der Waals surface area contributed by atoms with Crippen LogP contribution in [0.2, 0.25) is 10.0 Å². The fourth-order valence-electron chi connectivity index (χ4n) is 3.75. The SMILES string of the molecule is COc1ccc(C(=O)Nc2c(C)nn(Cc3cccc(Cl)c3)c2C)cc1COc1ccc(Cl)cc1. The summed E-state index contributed by atoms with van der Waals surface area (Å²) in [6, 6.07) is 20.0. The maximum atomic E-state index is 13.1. The Morgan fingerprint density at radius 1 is 1.00 bits per heavy atom. The van der Waals surface area contributed by atoms with Gasteiger partial charge in [0.25, 0.3) is 5.91 Å². The van der Waals surface area contributed by atoms with E-state index in [-0.39, 0.29) is 12.5 Å². The first-order valence-corrected chi connectivity index (χ1v) is 11.7. The molecule has 1 N–H and O–H groups in total. The molecule has 6 nitrogen and oxygen atoms in total. The minimum atomic E-state index is -0.242. The van der Waals surface area contributed by atoms with Crippen LogP contribution < -0.4 is 14.8 Å². The van der Waals surface area contributed by atoms with Gasteiger partial charge in [0, 0.05) is 21.2 Å². The third-order valence-electron chi connectivity index (χ3n) is 5.59. The van der Waals surface area contributed by atoms with Crippen molar-refractivity contribution < 1.29 is 14.3 Å². The molecule has 0 aliphatic rings. The van der Waals surface area contributed by atoms with Crippen LogP contribution in [-0.4, -0.2) is 22.8 Å². The van der Waals surface area contributed by atoms with E-state index in [0.717, 1.165) is 22.5 Å². The molecule has 8 heteroatoms. The van der Waals surface area contributed by atoms with Gasteiger partial charge in [0.05, 0.1) is 30.7 Å². The van der Waals surface area contributed by atoms with Crippen LogP contribution in [0, 0.1) is 13.8 Å². The molecule has 0 radical (unpaired) electrons. The molecule has 0 spiro atoms. The van der Waals surface area contributed by atoms with Gasteiger partial charge >= 0.3 is 0 Å². The second-order valence-electron chi connectivity index (χ2n) is 8.06. The molecular formula is C27H25Cl2N3O3. The second-order valence-corrected chi connectivity index (χ2v) is 8.93. The summed E-state index contributed by atoms with van der Waals surface area (Å²) < 4.78 is 13.2. The zero-order valence-corrected chi connectivity index (χ0v) is 21.2. The predicted molar refractivity (Wildman–Crippen MR) is 139 cm³/mol. The molecule has 0 fully saturated rings. The molecule has 0 aliphatic carbocycles. The van der Waals surface area contributed by atoms with Gasteiger partial charge in [-0.15, -0.1) is 0 Å². The number of anilines is 1. The number of amides is 1. The van der Waals surface area contributed by atoms with Crippen LogP contribution >= 0.6 is 23.2 Å². The summed E-state index contributed by atoms with van der Waals surface area (Å²) in [5.41, 5.74) is 4.55. The highest BCUT2D eigenvalue weighted by atomic mass is 35.5. The lowest BCUT2D eigenvalue weighted by Gasteiger charge is -2.13. The maximum absolute atomic E-state index is 13.1. The van der Waals surface area contributed by atoms with E-state index in [2.05, 4.69) is 10.4 Å². The van der Waals surface area contributed by atoms with E-state index in [1.807, 2.05) is 42.8 Å². The number of nitrogens with one attached hydrogen (secondary N) is 1. The molecule has 1 amide bonds. The Morgan fingerprint density at radius 3 is 2.49 bits per heavy atom. The lowest BCUT2D eigenvalue weighted by atomic mass is 10.1. The highest BCUT2D eigenvalue weighted by Crippen LogP contribution is 2.26. The van der Waals surface area contributed by atoms with E-state index in [0.29, 0.717) is 39.3 Å².